The maximum absolute atomic E-state index is 12.2. The zero-order chi connectivity index (χ0) is 10.2. The average Bonchev–Trinajstić information content (AvgIpc) is 1.97. The number of hydrogen-bond donors (Lipinski definition) is 2. The summed E-state index contributed by atoms with van der Waals surface area (Å²) in [5.41, 5.74) is 9.94. The third kappa shape index (κ3) is 2.17. The van der Waals surface area contributed by atoms with Crippen LogP contribution in [-0.2, 0) is 6.18 Å². The van der Waals surface area contributed by atoms with E-state index in [0.717, 1.165) is 12.1 Å². The zero-order valence-corrected chi connectivity index (χ0v) is 8.48. The Hall–Kier alpha value is -0.660. The minimum atomic E-state index is -4.40. The smallest absolute Gasteiger partial charge is 0.398 e. The number of benzene rings is 1. The van der Waals surface area contributed by atoms with E-state index in [9.17, 15) is 13.2 Å². The topological polar surface area (TPSA) is 52.0 Å². The minimum Gasteiger partial charge on any atom is -0.398 e. The van der Waals surface area contributed by atoms with Crippen LogP contribution in [0.5, 0.6) is 0 Å². The standard InChI is InChI=1S/C7H6F3IN2/c8-7(9,10)3-1-4(12)6(11)5(13)2-3/h1-2H,12-13H2. The van der Waals surface area contributed by atoms with Gasteiger partial charge in [0.2, 0.25) is 0 Å². The molecule has 0 unspecified atom stereocenters. The second-order valence-corrected chi connectivity index (χ2v) is 3.55. The molecule has 1 rings (SSSR count). The third-order valence-electron chi connectivity index (χ3n) is 1.46. The molecular formula is C7H6F3IN2. The van der Waals surface area contributed by atoms with Gasteiger partial charge < -0.3 is 11.5 Å². The number of halogens is 4. The fourth-order valence-corrected chi connectivity index (χ4v) is 1.15. The van der Waals surface area contributed by atoms with Crippen LogP contribution in [0.2, 0.25) is 0 Å². The average molecular weight is 302 g/mol. The summed E-state index contributed by atoms with van der Waals surface area (Å²) in [5, 5.41) is 0. The summed E-state index contributed by atoms with van der Waals surface area (Å²) < 4.78 is 36.9. The van der Waals surface area contributed by atoms with Gasteiger partial charge in [0.05, 0.1) is 9.13 Å². The predicted octanol–water partition coefficient (Wildman–Crippen LogP) is 2.47. The monoisotopic (exact) mass is 302 g/mol. The molecule has 1 aromatic rings. The van der Waals surface area contributed by atoms with Gasteiger partial charge in [0.15, 0.2) is 0 Å². The molecule has 0 amide bonds. The van der Waals surface area contributed by atoms with E-state index in [4.69, 9.17) is 11.5 Å². The second-order valence-electron chi connectivity index (χ2n) is 2.47. The van der Waals surface area contributed by atoms with Gasteiger partial charge in [-0.1, -0.05) is 0 Å². The molecule has 0 spiro atoms. The van der Waals surface area contributed by atoms with Gasteiger partial charge in [-0.3, -0.25) is 0 Å². The van der Waals surface area contributed by atoms with Crippen molar-refractivity contribution < 1.29 is 13.2 Å². The molecule has 0 aliphatic heterocycles. The minimum absolute atomic E-state index is 0.0490. The third-order valence-corrected chi connectivity index (χ3v) is 2.70. The highest BCUT2D eigenvalue weighted by Crippen LogP contribution is 2.34. The first-order valence-electron chi connectivity index (χ1n) is 3.24. The molecule has 0 atom stereocenters. The number of alkyl halides is 3. The predicted molar refractivity (Wildman–Crippen MR) is 53.0 cm³/mol. The first-order chi connectivity index (χ1) is 5.82. The van der Waals surface area contributed by atoms with Crippen molar-refractivity contribution in [2.45, 2.75) is 6.18 Å². The number of nitrogen functional groups attached to an aromatic ring is 2. The van der Waals surface area contributed by atoms with Crippen LogP contribution >= 0.6 is 22.6 Å². The molecule has 0 bridgehead atoms. The van der Waals surface area contributed by atoms with E-state index < -0.39 is 11.7 Å². The van der Waals surface area contributed by atoms with Crippen molar-refractivity contribution in [2.24, 2.45) is 0 Å². The summed E-state index contributed by atoms with van der Waals surface area (Å²) in [6.45, 7) is 0. The van der Waals surface area contributed by atoms with Crippen LogP contribution in [0.4, 0.5) is 24.5 Å². The highest BCUT2D eigenvalue weighted by molar-refractivity contribution is 14.1. The summed E-state index contributed by atoms with van der Waals surface area (Å²) in [4.78, 5) is 0. The lowest BCUT2D eigenvalue weighted by Crippen LogP contribution is -2.08. The second kappa shape index (κ2) is 3.24. The molecule has 2 nitrogen and oxygen atoms in total. The molecule has 0 saturated heterocycles. The van der Waals surface area contributed by atoms with E-state index in [1.54, 1.807) is 22.6 Å². The van der Waals surface area contributed by atoms with E-state index in [-0.39, 0.29) is 11.4 Å². The number of nitrogens with two attached hydrogens (primary N) is 2. The summed E-state index contributed by atoms with van der Waals surface area (Å²) in [7, 11) is 0. The van der Waals surface area contributed by atoms with Crippen molar-refractivity contribution in [1.82, 2.24) is 0 Å². The molecule has 0 aromatic heterocycles. The van der Waals surface area contributed by atoms with Crippen LogP contribution < -0.4 is 11.5 Å². The first kappa shape index (κ1) is 10.4. The summed E-state index contributed by atoms with van der Waals surface area (Å²) in [6.07, 6.45) is -4.40. The molecule has 6 heteroatoms. The Kier molecular flexibility index (Phi) is 2.60. The SMILES string of the molecule is Nc1cc(C(F)(F)F)cc(N)c1I. The molecule has 72 valence electrons. The van der Waals surface area contributed by atoms with Crippen molar-refractivity contribution in [2.75, 3.05) is 11.5 Å². The van der Waals surface area contributed by atoms with Crippen molar-refractivity contribution in [3.63, 3.8) is 0 Å². The van der Waals surface area contributed by atoms with Crippen LogP contribution in [0.3, 0.4) is 0 Å². The highest BCUT2D eigenvalue weighted by atomic mass is 127. The highest BCUT2D eigenvalue weighted by Gasteiger charge is 2.31. The fraction of sp³-hybridized carbons (Fsp3) is 0.143. The number of hydrogen-bond acceptors (Lipinski definition) is 2. The van der Waals surface area contributed by atoms with Crippen LogP contribution in [0, 0.1) is 3.57 Å². The lowest BCUT2D eigenvalue weighted by atomic mass is 10.2. The lowest BCUT2D eigenvalue weighted by molar-refractivity contribution is -0.137. The van der Waals surface area contributed by atoms with Gasteiger partial charge in [-0.05, 0) is 34.7 Å². The maximum atomic E-state index is 12.2. The van der Waals surface area contributed by atoms with Crippen LogP contribution in [0.1, 0.15) is 5.56 Å². The molecule has 0 fully saturated rings. The first-order valence-corrected chi connectivity index (χ1v) is 4.32. The largest absolute Gasteiger partial charge is 0.416 e. The summed E-state index contributed by atoms with van der Waals surface area (Å²) in [6, 6.07) is 1.75. The molecule has 0 aliphatic rings. The van der Waals surface area contributed by atoms with Crippen LogP contribution in [0.25, 0.3) is 0 Å². The Balaban J connectivity index is 3.29. The number of rotatable bonds is 0. The van der Waals surface area contributed by atoms with Gasteiger partial charge in [-0.25, -0.2) is 0 Å². The summed E-state index contributed by atoms with van der Waals surface area (Å²) >= 11 is 1.80. The van der Waals surface area contributed by atoms with E-state index in [1.165, 1.54) is 0 Å². The quantitative estimate of drug-likeness (QED) is 0.571. The van der Waals surface area contributed by atoms with E-state index in [1.807, 2.05) is 0 Å². The molecule has 0 heterocycles. The van der Waals surface area contributed by atoms with Crippen molar-refractivity contribution in [3.05, 3.63) is 21.3 Å². The van der Waals surface area contributed by atoms with Crippen molar-refractivity contribution in [3.8, 4) is 0 Å². The van der Waals surface area contributed by atoms with Gasteiger partial charge >= 0.3 is 6.18 Å². The van der Waals surface area contributed by atoms with E-state index >= 15 is 0 Å². The number of anilines is 2. The Morgan fingerprint density at radius 1 is 1.08 bits per heavy atom. The van der Waals surface area contributed by atoms with Crippen molar-refractivity contribution in [1.29, 1.82) is 0 Å². The van der Waals surface area contributed by atoms with Crippen molar-refractivity contribution >= 4 is 34.0 Å². The van der Waals surface area contributed by atoms with Gasteiger partial charge in [-0.2, -0.15) is 13.2 Å². The molecular weight excluding hydrogens is 296 g/mol. The maximum Gasteiger partial charge on any atom is 0.416 e. The molecule has 1 aromatic carbocycles. The van der Waals surface area contributed by atoms with E-state index in [0.29, 0.717) is 3.57 Å². The van der Waals surface area contributed by atoms with Crippen LogP contribution in [0.15, 0.2) is 12.1 Å². The van der Waals surface area contributed by atoms with Gasteiger partial charge in [0.25, 0.3) is 0 Å². The molecule has 4 N–H and O–H groups in total. The lowest BCUT2D eigenvalue weighted by Gasteiger charge is -2.10. The molecule has 0 aliphatic carbocycles. The Bertz CT molecular complexity index is 312. The van der Waals surface area contributed by atoms with Gasteiger partial charge in [0, 0.05) is 11.4 Å². The van der Waals surface area contributed by atoms with E-state index in [2.05, 4.69) is 0 Å². The fourth-order valence-electron chi connectivity index (χ4n) is 0.834. The van der Waals surface area contributed by atoms with Crippen LogP contribution in [-0.4, -0.2) is 0 Å². The van der Waals surface area contributed by atoms with Gasteiger partial charge in [0.1, 0.15) is 0 Å². The Morgan fingerprint density at radius 3 is 1.77 bits per heavy atom. The Labute approximate surface area is 86.2 Å². The van der Waals surface area contributed by atoms with Gasteiger partial charge in [-0.15, -0.1) is 0 Å². The summed E-state index contributed by atoms with van der Waals surface area (Å²) in [5.74, 6) is 0. The zero-order valence-electron chi connectivity index (χ0n) is 6.32. The molecule has 13 heavy (non-hydrogen) atoms. The molecule has 0 saturated carbocycles. The Morgan fingerprint density at radius 2 is 1.46 bits per heavy atom. The molecule has 0 radical (unpaired) electrons. The normalized spacial score (nSPS) is 11.7.